The van der Waals surface area contributed by atoms with Crippen LogP contribution in [0.4, 0.5) is 0 Å². The van der Waals surface area contributed by atoms with Crippen LogP contribution in [-0.2, 0) is 10.5 Å². The number of hydrogen-bond donors (Lipinski definition) is 1. The van der Waals surface area contributed by atoms with Crippen molar-refractivity contribution in [3.05, 3.63) is 33.7 Å². The number of hydrogen-bond acceptors (Lipinski definition) is 5. The van der Waals surface area contributed by atoms with E-state index < -0.39 is 0 Å². The quantitative estimate of drug-likeness (QED) is 0.936. The molecule has 2 aromatic heterocycles. The Labute approximate surface area is 124 Å². The standard InChI is InChI=1S/C13H15N3O2S2/c17-11-7-9(15-13-16(11)5-6-19-13)8-20-10-3-1-2-4-14-12(10)18/h5-7,10H,1-4,8H2,(H,14,18). The monoisotopic (exact) mass is 309 g/mol. The van der Waals surface area contributed by atoms with Gasteiger partial charge in [-0.1, -0.05) is 6.42 Å². The van der Waals surface area contributed by atoms with Gasteiger partial charge >= 0.3 is 0 Å². The molecule has 1 aliphatic rings. The lowest BCUT2D eigenvalue weighted by atomic mass is 10.2. The topological polar surface area (TPSA) is 63.5 Å². The number of carbonyl (C=O) groups excluding carboxylic acids is 1. The predicted molar refractivity (Wildman–Crippen MR) is 81.3 cm³/mol. The molecule has 0 bridgehead atoms. The molecule has 1 saturated heterocycles. The molecule has 106 valence electrons. The van der Waals surface area contributed by atoms with Crippen molar-refractivity contribution >= 4 is 34.0 Å². The summed E-state index contributed by atoms with van der Waals surface area (Å²) in [6, 6.07) is 1.56. The molecule has 3 heterocycles. The second-order valence-electron chi connectivity index (χ2n) is 4.73. The molecule has 1 aliphatic heterocycles. The fraction of sp³-hybridized carbons (Fsp3) is 0.462. The second kappa shape index (κ2) is 5.97. The minimum Gasteiger partial charge on any atom is -0.355 e. The molecule has 1 fully saturated rings. The van der Waals surface area contributed by atoms with Crippen molar-refractivity contribution < 1.29 is 4.79 Å². The molecule has 2 aromatic rings. The number of aromatic nitrogens is 2. The van der Waals surface area contributed by atoms with E-state index in [2.05, 4.69) is 10.3 Å². The highest BCUT2D eigenvalue weighted by Crippen LogP contribution is 2.23. The summed E-state index contributed by atoms with van der Waals surface area (Å²) in [6.07, 6.45) is 4.74. The SMILES string of the molecule is O=C1NCCCCC1SCc1cc(=O)n2ccsc2n1. The van der Waals surface area contributed by atoms with E-state index in [0.29, 0.717) is 10.7 Å². The zero-order valence-corrected chi connectivity index (χ0v) is 12.5. The van der Waals surface area contributed by atoms with Gasteiger partial charge in [-0.05, 0) is 12.8 Å². The summed E-state index contributed by atoms with van der Waals surface area (Å²) >= 11 is 3.02. The molecular formula is C13H15N3O2S2. The van der Waals surface area contributed by atoms with E-state index in [1.165, 1.54) is 15.7 Å². The van der Waals surface area contributed by atoms with Gasteiger partial charge in [-0.15, -0.1) is 23.1 Å². The molecule has 7 heteroatoms. The summed E-state index contributed by atoms with van der Waals surface area (Å²) in [4.78, 5) is 28.9. The van der Waals surface area contributed by atoms with Gasteiger partial charge in [0.15, 0.2) is 4.96 Å². The second-order valence-corrected chi connectivity index (χ2v) is 6.79. The minimum absolute atomic E-state index is 0.0268. The van der Waals surface area contributed by atoms with E-state index in [1.807, 2.05) is 5.38 Å². The summed E-state index contributed by atoms with van der Waals surface area (Å²) in [6.45, 7) is 0.774. The molecule has 0 aromatic carbocycles. The Kier molecular flexibility index (Phi) is 4.07. The van der Waals surface area contributed by atoms with Crippen molar-refractivity contribution in [1.29, 1.82) is 0 Å². The summed E-state index contributed by atoms with van der Waals surface area (Å²) < 4.78 is 1.54. The lowest BCUT2D eigenvalue weighted by Gasteiger charge is -2.12. The van der Waals surface area contributed by atoms with Gasteiger partial charge in [-0.25, -0.2) is 4.98 Å². The van der Waals surface area contributed by atoms with Crippen LogP contribution in [0.2, 0.25) is 0 Å². The Morgan fingerprint density at radius 1 is 1.45 bits per heavy atom. The van der Waals surface area contributed by atoms with Gasteiger partial charge in [0.2, 0.25) is 5.91 Å². The van der Waals surface area contributed by atoms with Crippen molar-refractivity contribution in [3.8, 4) is 0 Å². The molecule has 1 unspecified atom stereocenters. The van der Waals surface area contributed by atoms with Crippen LogP contribution in [0.5, 0.6) is 0 Å². The largest absolute Gasteiger partial charge is 0.355 e. The molecule has 0 radical (unpaired) electrons. The zero-order chi connectivity index (χ0) is 13.9. The van der Waals surface area contributed by atoms with Crippen LogP contribution >= 0.6 is 23.1 Å². The van der Waals surface area contributed by atoms with E-state index in [0.717, 1.165) is 31.5 Å². The van der Waals surface area contributed by atoms with Crippen molar-refractivity contribution in [1.82, 2.24) is 14.7 Å². The summed E-state index contributed by atoms with van der Waals surface area (Å²) in [5.74, 6) is 0.711. The fourth-order valence-corrected chi connectivity index (χ4v) is 4.04. The first kappa shape index (κ1) is 13.6. The van der Waals surface area contributed by atoms with Gasteiger partial charge in [0, 0.05) is 29.9 Å². The highest BCUT2D eigenvalue weighted by atomic mass is 32.2. The smallest absolute Gasteiger partial charge is 0.258 e. The van der Waals surface area contributed by atoms with E-state index >= 15 is 0 Å². The molecular weight excluding hydrogens is 294 g/mol. The first-order valence-corrected chi connectivity index (χ1v) is 8.52. The molecule has 1 amide bonds. The Morgan fingerprint density at radius 3 is 3.25 bits per heavy atom. The first-order chi connectivity index (χ1) is 9.74. The highest BCUT2D eigenvalue weighted by Gasteiger charge is 2.21. The van der Waals surface area contributed by atoms with Crippen LogP contribution in [-0.4, -0.2) is 27.1 Å². The molecule has 0 saturated carbocycles. The maximum atomic E-state index is 11.9. The summed E-state index contributed by atoms with van der Waals surface area (Å²) in [5, 5.41) is 4.74. The van der Waals surface area contributed by atoms with Crippen molar-refractivity contribution in [2.75, 3.05) is 6.54 Å². The lowest BCUT2D eigenvalue weighted by molar-refractivity contribution is -0.120. The first-order valence-electron chi connectivity index (χ1n) is 6.59. The average Bonchev–Trinajstić information content (AvgIpc) is 2.81. The lowest BCUT2D eigenvalue weighted by Crippen LogP contribution is -2.30. The van der Waals surface area contributed by atoms with Gasteiger partial charge in [0.05, 0.1) is 10.9 Å². The van der Waals surface area contributed by atoms with Crippen molar-refractivity contribution in [2.45, 2.75) is 30.3 Å². The molecule has 0 aliphatic carbocycles. The van der Waals surface area contributed by atoms with Gasteiger partial charge < -0.3 is 5.32 Å². The molecule has 3 rings (SSSR count). The molecule has 0 spiro atoms. The van der Waals surface area contributed by atoms with Gasteiger partial charge in [-0.3, -0.25) is 14.0 Å². The van der Waals surface area contributed by atoms with Gasteiger partial charge in [0.1, 0.15) is 0 Å². The van der Waals surface area contributed by atoms with Gasteiger partial charge in [-0.2, -0.15) is 0 Å². The van der Waals surface area contributed by atoms with E-state index in [1.54, 1.807) is 24.0 Å². The fourth-order valence-electron chi connectivity index (χ4n) is 2.22. The maximum Gasteiger partial charge on any atom is 0.258 e. The number of fused-ring (bicyclic) bond motifs is 1. The molecule has 5 nitrogen and oxygen atoms in total. The normalized spacial score (nSPS) is 19.8. The molecule has 1 N–H and O–H groups in total. The Bertz CT molecular complexity index is 680. The van der Waals surface area contributed by atoms with Crippen LogP contribution in [0.25, 0.3) is 4.96 Å². The van der Waals surface area contributed by atoms with Crippen LogP contribution < -0.4 is 10.9 Å². The van der Waals surface area contributed by atoms with Crippen molar-refractivity contribution in [3.63, 3.8) is 0 Å². The highest BCUT2D eigenvalue weighted by molar-refractivity contribution is 7.99. The number of thiazole rings is 1. The van der Waals surface area contributed by atoms with Crippen LogP contribution in [0.1, 0.15) is 25.0 Å². The average molecular weight is 309 g/mol. The third-order valence-electron chi connectivity index (χ3n) is 3.27. The van der Waals surface area contributed by atoms with Crippen LogP contribution in [0, 0.1) is 0 Å². The number of thioether (sulfide) groups is 1. The minimum atomic E-state index is -0.0582. The van der Waals surface area contributed by atoms with E-state index in [-0.39, 0.29) is 16.7 Å². The summed E-state index contributed by atoms with van der Waals surface area (Å²) in [5.41, 5.74) is 0.691. The molecule has 20 heavy (non-hydrogen) atoms. The Hall–Kier alpha value is -1.34. The van der Waals surface area contributed by atoms with E-state index in [4.69, 9.17) is 0 Å². The molecule has 1 atom stereocenters. The zero-order valence-electron chi connectivity index (χ0n) is 10.9. The van der Waals surface area contributed by atoms with Crippen LogP contribution in [0.15, 0.2) is 22.4 Å². The third kappa shape index (κ3) is 2.88. The van der Waals surface area contributed by atoms with Crippen LogP contribution in [0.3, 0.4) is 0 Å². The number of carbonyl (C=O) groups is 1. The number of amides is 1. The Morgan fingerprint density at radius 2 is 2.35 bits per heavy atom. The predicted octanol–water partition coefficient (Wildman–Crippen LogP) is 1.66. The number of nitrogens with zero attached hydrogens (tertiary/aromatic N) is 2. The van der Waals surface area contributed by atoms with E-state index in [9.17, 15) is 9.59 Å². The van der Waals surface area contributed by atoms with Crippen molar-refractivity contribution in [2.24, 2.45) is 0 Å². The van der Waals surface area contributed by atoms with Gasteiger partial charge in [0.25, 0.3) is 5.56 Å². The summed E-state index contributed by atoms with van der Waals surface area (Å²) in [7, 11) is 0. The number of nitrogens with one attached hydrogen (secondary N) is 1. The maximum absolute atomic E-state index is 11.9. The third-order valence-corrected chi connectivity index (χ3v) is 5.34. The number of rotatable bonds is 3. The Balaban J connectivity index is 1.72.